The molecule has 1 amide bonds. The van der Waals surface area contributed by atoms with Crippen LogP contribution in [0.3, 0.4) is 0 Å². The molecule has 0 spiro atoms. The number of hydrogen-bond acceptors (Lipinski definition) is 5. The van der Waals surface area contributed by atoms with Crippen LogP contribution in [-0.4, -0.2) is 32.1 Å². The number of non-ortho nitro benzene ring substituents is 1. The molecule has 1 N–H and O–H groups in total. The van der Waals surface area contributed by atoms with E-state index in [1.807, 2.05) is 24.4 Å². The molecule has 0 aliphatic heterocycles. The molecular weight excluding hydrogens is 358 g/mol. The zero-order valence-electron chi connectivity index (χ0n) is 13.5. The van der Waals surface area contributed by atoms with E-state index in [-0.39, 0.29) is 16.3 Å². The second-order valence-electron chi connectivity index (χ2n) is 5.38. The van der Waals surface area contributed by atoms with Gasteiger partial charge in [0.1, 0.15) is 0 Å². The standard InChI is InChI=1S/C17H14ClN5O3/c18-15-11-13(23(25)26)1-2-14(15)17(24)20-8-10-22-9-5-16(21-22)12-3-6-19-7-4-12/h1-7,9,11H,8,10H2,(H,20,24). The highest BCUT2D eigenvalue weighted by Crippen LogP contribution is 2.22. The van der Waals surface area contributed by atoms with Crippen LogP contribution in [0.1, 0.15) is 10.4 Å². The largest absolute Gasteiger partial charge is 0.350 e. The average molecular weight is 372 g/mol. The Bertz CT molecular complexity index is 943. The van der Waals surface area contributed by atoms with E-state index in [1.165, 1.54) is 12.1 Å². The van der Waals surface area contributed by atoms with E-state index in [0.717, 1.165) is 17.3 Å². The Balaban J connectivity index is 1.58. The lowest BCUT2D eigenvalue weighted by Crippen LogP contribution is -2.27. The molecule has 2 heterocycles. The molecule has 132 valence electrons. The Hall–Kier alpha value is -3.26. The first kappa shape index (κ1) is 17.6. The third-order valence-electron chi connectivity index (χ3n) is 3.65. The van der Waals surface area contributed by atoms with Crippen LogP contribution in [0.5, 0.6) is 0 Å². The molecule has 0 radical (unpaired) electrons. The summed E-state index contributed by atoms with van der Waals surface area (Å²) in [7, 11) is 0. The second kappa shape index (κ2) is 7.75. The predicted octanol–water partition coefficient (Wildman–Crippen LogP) is 2.94. The molecule has 1 aromatic carbocycles. The Labute approximate surface area is 153 Å². The molecule has 3 aromatic rings. The molecule has 0 aliphatic carbocycles. The van der Waals surface area contributed by atoms with Gasteiger partial charge in [0.25, 0.3) is 11.6 Å². The van der Waals surface area contributed by atoms with Crippen molar-refractivity contribution >= 4 is 23.2 Å². The molecule has 0 fully saturated rings. The topological polar surface area (TPSA) is 103 Å². The Morgan fingerprint density at radius 2 is 2.00 bits per heavy atom. The molecule has 0 saturated carbocycles. The lowest BCUT2D eigenvalue weighted by Gasteiger charge is -2.07. The van der Waals surface area contributed by atoms with Crippen molar-refractivity contribution in [3.63, 3.8) is 0 Å². The van der Waals surface area contributed by atoms with Crippen molar-refractivity contribution in [2.75, 3.05) is 6.54 Å². The summed E-state index contributed by atoms with van der Waals surface area (Å²) in [6.07, 6.45) is 5.21. The first-order chi connectivity index (χ1) is 12.5. The van der Waals surface area contributed by atoms with Gasteiger partial charge in [0.05, 0.1) is 27.7 Å². The Morgan fingerprint density at radius 3 is 2.69 bits per heavy atom. The highest BCUT2D eigenvalue weighted by Gasteiger charge is 2.14. The number of amides is 1. The lowest BCUT2D eigenvalue weighted by atomic mass is 10.2. The van der Waals surface area contributed by atoms with Crippen molar-refractivity contribution < 1.29 is 9.72 Å². The van der Waals surface area contributed by atoms with Gasteiger partial charge in [0.15, 0.2) is 0 Å². The smallest absolute Gasteiger partial charge is 0.270 e. The van der Waals surface area contributed by atoms with Crippen LogP contribution in [0.15, 0.2) is 55.0 Å². The van der Waals surface area contributed by atoms with Gasteiger partial charge in [0, 0.05) is 42.8 Å². The Kier molecular flexibility index (Phi) is 5.23. The quantitative estimate of drug-likeness (QED) is 0.530. The van der Waals surface area contributed by atoms with Gasteiger partial charge in [-0.15, -0.1) is 0 Å². The molecule has 0 aliphatic rings. The molecule has 9 heteroatoms. The summed E-state index contributed by atoms with van der Waals surface area (Å²) in [6.45, 7) is 0.811. The van der Waals surface area contributed by atoms with Crippen LogP contribution < -0.4 is 5.32 Å². The number of carbonyl (C=O) groups excluding carboxylic acids is 1. The van der Waals surface area contributed by atoms with E-state index in [2.05, 4.69) is 15.4 Å². The number of hydrogen-bond donors (Lipinski definition) is 1. The fourth-order valence-electron chi connectivity index (χ4n) is 2.34. The minimum atomic E-state index is -0.564. The number of nitro groups is 1. The highest BCUT2D eigenvalue weighted by atomic mass is 35.5. The average Bonchev–Trinajstić information content (AvgIpc) is 3.11. The fourth-order valence-corrected chi connectivity index (χ4v) is 2.60. The van der Waals surface area contributed by atoms with Gasteiger partial charge in [-0.2, -0.15) is 5.10 Å². The number of pyridine rings is 1. The number of benzene rings is 1. The number of nitrogens with one attached hydrogen (secondary N) is 1. The summed E-state index contributed by atoms with van der Waals surface area (Å²) in [4.78, 5) is 26.3. The number of rotatable bonds is 6. The summed E-state index contributed by atoms with van der Waals surface area (Å²) in [5.41, 5.74) is 1.81. The van der Waals surface area contributed by atoms with E-state index in [0.29, 0.717) is 13.1 Å². The van der Waals surface area contributed by atoms with Crippen molar-refractivity contribution in [3.8, 4) is 11.3 Å². The van der Waals surface area contributed by atoms with Gasteiger partial charge in [-0.1, -0.05) is 11.6 Å². The van der Waals surface area contributed by atoms with Crippen molar-refractivity contribution in [3.05, 3.63) is 75.7 Å². The summed E-state index contributed by atoms with van der Waals surface area (Å²) in [6, 6.07) is 9.35. The maximum Gasteiger partial charge on any atom is 0.270 e. The van der Waals surface area contributed by atoms with Gasteiger partial charge >= 0.3 is 0 Å². The van der Waals surface area contributed by atoms with Crippen LogP contribution >= 0.6 is 11.6 Å². The Morgan fingerprint density at radius 1 is 1.23 bits per heavy atom. The number of halogens is 1. The SMILES string of the molecule is O=C(NCCn1ccc(-c2ccncc2)n1)c1ccc([N+](=O)[O-])cc1Cl. The van der Waals surface area contributed by atoms with E-state index in [4.69, 9.17) is 11.6 Å². The van der Waals surface area contributed by atoms with E-state index >= 15 is 0 Å². The number of nitrogens with zero attached hydrogens (tertiary/aromatic N) is 4. The summed E-state index contributed by atoms with van der Waals surface area (Å²) in [5.74, 6) is -0.397. The van der Waals surface area contributed by atoms with E-state index in [1.54, 1.807) is 17.1 Å². The van der Waals surface area contributed by atoms with Crippen molar-refractivity contribution in [1.82, 2.24) is 20.1 Å². The number of nitro benzene ring substituents is 1. The van der Waals surface area contributed by atoms with Crippen molar-refractivity contribution in [1.29, 1.82) is 0 Å². The van der Waals surface area contributed by atoms with Crippen LogP contribution in [0, 0.1) is 10.1 Å². The summed E-state index contributed by atoms with van der Waals surface area (Å²) in [5, 5.41) is 17.9. The van der Waals surface area contributed by atoms with Gasteiger partial charge in [-0.05, 0) is 24.3 Å². The highest BCUT2D eigenvalue weighted by molar-refractivity contribution is 6.34. The zero-order valence-corrected chi connectivity index (χ0v) is 14.3. The lowest BCUT2D eigenvalue weighted by molar-refractivity contribution is -0.384. The molecule has 8 nitrogen and oxygen atoms in total. The molecule has 26 heavy (non-hydrogen) atoms. The molecular formula is C17H14ClN5O3. The minimum absolute atomic E-state index is 0.0377. The van der Waals surface area contributed by atoms with E-state index in [9.17, 15) is 14.9 Å². The monoisotopic (exact) mass is 371 g/mol. The van der Waals surface area contributed by atoms with Crippen LogP contribution in [0.25, 0.3) is 11.3 Å². The van der Waals surface area contributed by atoms with Gasteiger partial charge < -0.3 is 5.32 Å². The summed E-state index contributed by atoms with van der Waals surface area (Å²) >= 11 is 5.95. The third-order valence-corrected chi connectivity index (χ3v) is 3.96. The molecule has 2 aromatic heterocycles. The number of carbonyl (C=O) groups is 1. The number of aromatic nitrogens is 3. The maximum absolute atomic E-state index is 12.2. The third kappa shape index (κ3) is 4.04. The van der Waals surface area contributed by atoms with Gasteiger partial charge in [0.2, 0.25) is 0 Å². The molecule has 0 unspecified atom stereocenters. The van der Waals surface area contributed by atoms with Crippen LogP contribution in [0.4, 0.5) is 5.69 Å². The second-order valence-corrected chi connectivity index (χ2v) is 5.78. The van der Waals surface area contributed by atoms with Crippen LogP contribution in [-0.2, 0) is 6.54 Å². The zero-order chi connectivity index (χ0) is 18.5. The van der Waals surface area contributed by atoms with Crippen LogP contribution in [0.2, 0.25) is 5.02 Å². The van der Waals surface area contributed by atoms with Crippen molar-refractivity contribution in [2.45, 2.75) is 6.54 Å². The maximum atomic E-state index is 12.2. The predicted molar refractivity (Wildman–Crippen MR) is 95.9 cm³/mol. The minimum Gasteiger partial charge on any atom is -0.350 e. The molecule has 0 bridgehead atoms. The first-order valence-corrected chi connectivity index (χ1v) is 8.08. The van der Waals surface area contributed by atoms with E-state index < -0.39 is 10.8 Å². The van der Waals surface area contributed by atoms with Crippen molar-refractivity contribution in [2.24, 2.45) is 0 Å². The first-order valence-electron chi connectivity index (χ1n) is 7.70. The normalized spacial score (nSPS) is 10.5. The molecule has 3 rings (SSSR count). The molecule has 0 atom stereocenters. The fraction of sp³-hybridized carbons (Fsp3) is 0.118. The molecule has 0 saturated heterocycles. The van der Waals surface area contributed by atoms with Gasteiger partial charge in [-0.25, -0.2) is 0 Å². The summed E-state index contributed by atoms with van der Waals surface area (Å²) < 4.78 is 1.72. The van der Waals surface area contributed by atoms with Gasteiger partial charge in [-0.3, -0.25) is 24.6 Å².